The first-order valence-electron chi connectivity index (χ1n) is 6.11. The van der Waals surface area contributed by atoms with Crippen LogP contribution in [0.5, 0.6) is 0 Å². The third kappa shape index (κ3) is 1.41. The van der Waals surface area contributed by atoms with Gasteiger partial charge in [0.1, 0.15) is 0 Å². The Balaban J connectivity index is 2.03. The lowest BCUT2D eigenvalue weighted by molar-refractivity contribution is 0.239. The van der Waals surface area contributed by atoms with Gasteiger partial charge in [0.15, 0.2) is 0 Å². The van der Waals surface area contributed by atoms with E-state index in [1.165, 1.54) is 32.2 Å². The maximum absolute atomic E-state index is 3.74. The first-order chi connectivity index (χ1) is 7.30. The van der Waals surface area contributed by atoms with Gasteiger partial charge in [0, 0.05) is 6.04 Å². The van der Waals surface area contributed by atoms with Gasteiger partial charge in [-0.3, -0.25) is 0 Å². The topological polar surface area (TPSA) is 12.0 Å². The second-order valence-electron chi connectivity index (χ2n) is 5.37. The molecule has 0 unspecified atom stereocenters. The highest BCUT2D eigenvalue weighted by molar-refractivity contribution is 5.38. The summed E-state index contributed by atoms with van der Waals surface area (Å²) < 4.78 is 0. The summed E-state index contributed by atoms with van der Waals surface area (Å²) in [6.45, 7) is 3.64. The first-order valence-corrected chi connectivity index (χ1v) is 6.11. The fraction of sp³-hybridized carbons (Fsp3) is 0.571. The van der Waals surface area contributed by atoms with Gasteiger partial charge in [0.2, 0.25) is 0 Å². The maximum atomic E-state index is 3.74. The van der Waals surface area contributed by atoms with E-state index in [0.717, 1.165) is 0 Å². The van der Waals surface area contributed by atoms with E-state index in [1.54, 1.807) is 11.1 Å². The summed E-state index contributed by atoms with van der Waals surface area (Å²) in [6.07, 6.45) is 5.36. The van der Waals surface area contributed by atoms with Gasteiger partial charge in [0.25, 0.3) is 0 Å². The Hall–Kier alpha value is -0.820. The van der Waals surface area contributed by atoms with Crippen LogP contribution in [0.4, 0.5) is 0 Å². The van der Waals surface area contributed by atoms with Crippen LogP contribution in [0.15, 0.2) is 24.3 Å². The second-order valence-corrected chi connectivity index (χ2v) is 5.37. The van der Waals surface area contributed by atoms with Crippen LogP contribution in [-0.4, -0.2) is 6.54 Å². The molecule has 2 aliphatic rings. The zero-order chi connectivity index (χ0) is 10.3. The summed E-state index contributed by atoms with van der Waals surface area (Å²) in [5, 5.41) is 3.74. The maximum Gasteiger partial charge on any atom is 0.0380 e. The summed E-state index contributed by atoms with van der Waals surface area (Å²) in [4.78, 5) is 0. The lowest BCUT2D eigenvalue weighted by Gasteiger charge is -2.30. The second kappa shape index (κ2) is 3.34. The Kier molecular flexibility index (Phi) is 2.10. The van der Waals surface area contributed by atoms with Crippen LogP contribution in [0, 0.1) is 5.41 Å². The van der Waals surface area contributed by atoms with E-state index < -0.39 is 0 Å². The molecular weight excluding hydrogens is 182 g/mol. The molecule has 0 bridgehead atoms. The molecule has 1 aromatic carbocycles. The number of benzene rings is 1. The van der Waals surface area contributed by atoms with Crippen LogP contribution in [-0.2, 0) is 6.42 Å². The highest BCUT2D eigenvalue weighted by atomic mass is 14.9. The van der Waals surface area contributed by atoms with Crippen LogP contribution in [0.2, 0.25) is 0 Å². The number of rotatable bonds is 0. The van der Waals surface area contributed by atoms with Crippen LogP contribution >= 0.6 is 0 Å². The van der Waals surface area contributed by atoms with E-state index in [-0.39, 0.29) is 0 Å². The molecule has 1 aliphatic heterocycles. The SMILES string of the molecule is C[C@]12CCCCN[C@@H]1c1ccccc1C2. The molecule has 1 aliphatic carbocycles. The zero-order valence-electron chi connectivity index (χ0n) is 9.42. The highest BCUT2D eigenvalue weighted by Crippen LogP contribution is 2.49. The molecule has 1 N–H and O–H groups in total. The summed E-state index contributed by atoms with van der Waals surface area (Å²) in [5.41, 5.74) is 3.60. The van der Waals surface area contributed by atoms with Crippen molar-refractivity contribution in [3.8, 4) is 0 Å². The van der Waals surface area contributed by atoms with Gasteiger partial charge in [-0.25, -0.2) is 0 Å². The van der Waals surface area contributed by atoms with E-state index in [9.17, 15) is 0 Å². The van der Waals surface area contributed by atoms with Gasteiger partial charge in [-0.2, -0.15) is 0 Å². The normalized spacial score (nSPS) is 34.3. The van der Waals surface area contributed by atoms with Crippen LogP contribution in [0.25, 0.3) is 0 Å². The zero-order valence-corrected chi connectivity index (χ0v) is 9.42. The van der Waals surface area contributed by atoms with Crippen molar-refractivity contribution >= 4 is 0 Å². The van der Waals surface area contributed by atoms with Crippen LogP contribution in [0.1, 0.15) is 43.4 Å². The number of hydrogen-bond acceptors (Lipinski definition) is 1. The van der Waals surface area contributed by atoms with Crippen molar-refractivity contribution in [1.82, 2.24) is 5.32 Å². The van der Waals surface area contributed by atoms with Gasteiger partial charge < -0.3 is 5.32 Å². The minimum atomic E-state index is 0.472. The molecule has 1 aromatic rings. The van der Waals surface area contributed by atoms with Crippen molar-refractivity contribution in [1.29, 1.82) is 0 Å². The molecule has 1 heterocycles. The molecule has 1 nitrogen and oxygen atoms in total. The molecule has 0 saturated carbocycles. The van der Waals surface area contributed by atoms with Crippen molar-refractivity contribution in [2.45, 2.75) is 38.6 Å². The number of nitrogens with one attached hydrogen (secondary N) is 1. The van der Waals surface area contributed by atoms with Gasteiger partial charge in [-0.15, -0.1) is 0 Å². The lowest BCUT2D eigenvalue weighted by Crippen LogP contribution is -2.31. The smallest absolute Gasteiger partial charge is 0.0380 e. The summed E-state index contributed by atoms with van der Waals surface area (Å²) >= 11 is 0. The molecule has 0 aromatic heterocycles. The molecule has 0 amide bonds. The monoisotopic (exact) mass is 201 g/mol. The Morgan fingerprint density at radius 2 is 2.13 bits per heavy atom. The molecule has 1 heteroatoms. The number of fused-ring (bicyclic) bond motifs is 3. The fourth-order valence-electron chi connectivity index (χ4n) is 3.38. The molecule has 80 valence electrons. The Labute approximate surface area is 91.9 Å². The third-order valence-electron chi connectivity index (χ3n) is 4.18. The average molecular weight is 201 g/mol. The van der Waals surface area contributed by atoms with Gasteiger partial charge in [-0.05, 0) is 42.3 Å². The minimum Gasteiger partial charge on any atom is -0.309 e. The third-order valence-corrected chi connectivity index (χ3v) is 4.18. The minimum absolute atomic E-state index is 0.472. The summed E-state index contributed by atoms with van der Waals surface area (Å²) in [7, 11) is 0. The van der Waals surface area contributed by atoms with Gasteiger partial charge in [-0.1, -0.05) is 37.6 Å². The van der Waals surface area contributed by atoms with Crippen LogP contribution in [0.3, 0.4) is 0 Å². The van der Waals surface area contributed by atoms with Gasteiger partial charge >= 0.3 is 0 Å². The molecule has 1 fully saturated rings. The van der Waals surface area contributed by atoms with Crippen molar-refractivity contribution in [2.24, 2.45) is 5.41 Å². The summed E-state index contributed by atoms with van der Waals surface area (Å²) in [6, 6.07) is 9.57. The lowest BCUT2D eigenvalue weighted by atomic mass is 9.79. The quantitative estimate of drug-likeness (QED) is 0.680. The molecular formula is C14H19N. The van der Waals surface area contributed by atoms with E-state index in [1.807, 2.05) is 0 Å². The Morgan fingerprint density at radius 3 is 3.07 bits per heavy atom. The molecule has 3 rings (SSSR count). The molecule has 0 spiro atoms. The molecule has 15 heavy (non-hydrogen) atoms. The molecule has 1 saturated heterocycles. The van der Waals surface area contributed by atoms with E-state index in [2.05, 4.69) is 36.5 Å². The van der Waals surface area contributed by atoms with Crippen molar-refractivity contribution in [3.05, 3.63) is 35.4 Å². The standard InChI is InChI=1S/C14H19N/c1-14-8-4-5-9-15-13(14)12-7-3-2-6-11(12)10-14/h2-3,6-7,13,15H,4-5,8-10H2,1H3/t13-,14-/m1/s1. The fourth-order valence-corrected chi connectivity index (χ4v) is 3.38. The predicted octanol–water partition coefficient (Wildman–Crippen LogP) is 3.06. The van der Waals surface area contributed by atoms with Crippen molar-refractivity contribution in [2.75, 3.05) is 6.54 Å². The van der Waals surface area contributed by atoms with E-state index >= 15 is 0 Å². The summed E-state index contributed by atoms with van der Waals surface area (Å²) in [5.74, 6) is 0. The van der Waals surface area contributed by atoms with Gasteiger partial charge in [0.05, 0.1) is 0 Å². The average Bonchev–Trinajstić information content (AvgIpc) is 2.39. The van der Waals surface area contributed by atoms with E-state index in [0.29, 0.717) is 11.5 Å². The Bertz CT molecular complexity index is 371. The predicted molar refractivity (Wildman–Crippen MR) is 62.8 cm³/mol. The van der Waals surface area contributed by atoms with Crippen LogP contribution < -0.4 is 5.32 Å². The Morgan fingerprint density at radius 1 is 1.27 bits per heavy atom. The highest BCUT2D eigenvalue weighted by Gasteiger charge is 2.42. The molecule has 2 atom stereocenters. The van der Waals surface area contributed by atoms with E-state index in [4.69, 9.17) is 0 Å². The number of hydrogen-bond donors (Lipinski definition) is 1. The first kappa shape index (κ1) is 9.41. The molecule has 0 radical (unpaired) electrons. The van der Waals surface area contributed by atoms with Crippen molar-refractivity contribution < 1.29 is 0 Å². The largest absolute Gasteiger partial charge is 0.309 e. The van der Waals surface area contributed by atoms with Crippen molar-refractivity contribution in [3.63, 3.8) is 0 Å².